The summed E-state index contributed by atoms with van der Waals surface area (Å²) in [6, 6.07) is 3.52. The van der Waals surface area contributed by atoms with Crippen molar-refractivity contribution in [3.8, 4) is 0 Å². The van der Waals surface area contributed by atoms with E-state index in [1.165, 1.54) is 6.07 Å². The lowest BCUT2D eigenvalue weighted by Gasteiger charge is -2.23. The molecule has 1 unspecified atom stereocenters. The fourth-order valence-electron chi connectivity index (χ4n) is 1.76. The minimum atomic E-state index is -0.249. The maximum Gasteiger partial charge on any atom is 0.128 e. The van der Waals surface area contributed by atoms with Crippen LogP contribution in [0.25, 0.3) is 0 Å². The Bertz CT molecular complexity index is 361. The van der Waals surface area contributed by atoms with Crippen LogP contribution in [0.5, 0.6) is 0 Å². The normalized spacial score (nSPS) is 12.9. The summed E-state index contributed by atoms with van der Waals surface area (Å²) < 4.78 is 13.2. The van der Waals surface area contributed by atoms with Gasteiger partial charge in [-0.1, -0.05) is 20.8 Å². The zero-order chi connectivity index (χ0) is 12.3. The SMILES string of the molecule is CCC(Nc1cc(C)c(F)cc1N)C(C)C. The van der Waals surface area contributed by atoms with Gasteiger partial charge in [0.15, 0.2) is 0 Å². The van der Waals surface area contributed by atoms with Crippen molar-refractivity contribution < 1.29 is 4.39 Å². The highest BCUT2D eigenvalue weighted by molar-refractivity contribution is 5.67. The Morgan fingerprint density at radius 1 is 1.38 bits per heavy atom. The zero-order valence-electron chi connectivity index (χ0n) is 10.5. The summed E-state index contributed by atoms with van der Waals surface area (Å²) in [4.78, 5) is 0. The van der Waals surface area contributed by atoms with Gasteiger partial charge in [-0.2, -0.15) is 0 Å². The third kappa shape index (κ3) is 2.87. The summed E-state index contributed by atoms with van der Waals surface area (Å²) in [7, 11) is 0. The lowest BCUT2D eigenvalue weighted by molar-refractivity contribution is 0.511. The van der Waals surface area contributed by atoms with Crippen LogP contribution in [-0.2, 0) is 0 Å². The summed E-state index contributed by atoms with van der Waals surface area (Å²) in [6.07, 6.45) is 1.02. The van der Waals surface area contributed by atoms with Crippen LogP contribution in [0.3, 0.4) is 0 Å². The van der Waals surface area contributed by atoms with E-state index in [1.54, 1.807) is 13.0 Å². The van der Waals surface area contributed by atoms with E-state index in [2.05, 4.69) is 26.1 Å². The summed E-state index contributed by atoms with van der Waals surface area (Å²) in [5, 5.41) is 3.37. The van der Waals surface area contributed by atoms with Crippen LogP contribution in [0.1, 0.15) is 32.8 Å². The molecule has 1 rings (SSSR count). The van der Waals surface area contributed by atoms with Gasteiger partial charge in [0.2, 0.25) is 0 Å². The molecule has 3 N–H and O–H groups in total. The van der Waals surface area contributed by atoms with Gasteiger partial charge in [-0.3, -0.25) is 0 Å². The molecule has 16 heavy (non-hydrogen) atoms. The summed E-state index contributed by atoms with van der Waals surface area (Å²) in [6.45, 7) is 8.20. The maximum atomic E-state index is 13.2. The lowest BCUT2D eigenvalue weighted by atomic mass is 10.0. The molecule has 1 aromatic rings. The maximum absolute atomic E-state index is 13.2. The average molecular weight is 224 g/mol. The fraction of sp³-hybridized carbons (Fsp3) is 0.538. The van der Waals surface area contributed by atoms with Crippen LogP contribution >= 0.6 is 0 Å². The van der Waals surface area contributed by atoms with Crippen LogP contribution in [0.4, 0.5) is 15.8 Å². The molecule has 1 aromatic carbocycles. The second-order valence-electron chi connectivity index (χ2n) is 4.59. The Kier molecular flexibility index (Phi) is 4.16. The molecule has 3 heteroatoms. The van der Waals surface area contributed by atoms with Crippen molar-refractivity contribution in [1.82, 2.24) is 0 Å². The van der Waals surface area contributed by atoms with Crippen molar-refractivity contribution in [2.45, 2.75) is 40.2 Å². The van der Waals surface area contributed by atoms with Gasteiger partial charge >= 0.3 is 0 Å². The number of nitrogens with two attached hydrogens (primary N) is 1. The predicted octanol–water partition coefficient (Wildman–Crippen LogP) is 3.56. The second-order valence-corrected chi connectivity index (χ2v) is 4.59. The summed E-state index contributed by atoms with van der Waals surface area (Å²) in [5.41, 5.74) is 7.72. The molecule has 0 radical (unpaired) electrons. The number of rotatable bonds is 4. The molecule has 0 heterocycles. The van der Waals surface area contributed by atoms with E-state index < -0.39 is 0 Å². The van der Waals surface area contributed by atoms with Crippen LogP contribution in [-0.4, -0.2) is 6.04 Å². The molecule has 0 amide bonds. The number of aryl methyl sites for hydroxylation is 1. The Morgan fingerprint density at radius 2 is 2.00 bits per heavy atom. The lowest BCUT2D eigenvalue weighted by Crippen LogP contribution is -2.25. The number of hydrogen-bond donors (Lipinski definition) is 2. The topological polar surface area (TPSA) is 38.0 Å². The molecule has 0 aromatic heterocycles. The number of anilines is 2. The number of nitrogens with one attached hydrogen (secondary N) is 1. The first kappa shape index (κ1) is 12.8. The Balaban J connectivity index is 2.92. The molecular formula is C13H21FN2. The smallest absolute Gasteiger partial charge is 0.128 e. The van der Waals surface area contributed by atoms with Gasteiger partial charge in [0, 0.05) is 6.04 Å². The molecule has 0 saturated heterocycles. The molecule has 0 spiro atoms. The molecule has 0 bridgehead atoms. The molecule has 0 saturated carbocycles. The largest absolute Gasteiger partial charge is 0.397 e. The van der Waals surface area contributed by atoms with Crippen molar-refractivity contribution in [3.05, 3.63) is 23.5 Å². The van der Waals surface area contributed by atoms with Gasteiger partial charge in [-0.05, 0) is 37.0 Å². The monoisotopic (exact) mass is 224 g/mol. The van der Waals surface area contributed by atoms with E-state index in [0.29, 0.717) is 23.2 Å². The van der Waals surface area contributed by atoms with Crippen molar-refractivity contribution >= 4 is 11.4 Å². The number of hydrogen-bond acceptors (Lipinski definition) is 2. The molecule has 0 aliphatic heterocycles. The van der Waals surface area contributed by atoms with Gasteiger partial charge in [0.1, 0.15) is 5.82 Å². The second kappa shape index (κ2) is 5.19. The first-order valence-corrected chi connectivity index (χ1v) is 5.77. The van der Waals surface area contributed by atoms with Gasteiger partial charge in [0.05, 0.1) is 11.4 Å². The highest BCUT2D eigenvalue weighted by Gasteiger charge is 2.13. The molecule has 2 nitrogen and oxygen atoms in total. The number of benzene rings is 1. The van der Waals surface area contributed by atoms with E-state index in [-0.39, 0.29) is 5.82 Å². The van der Waals surface area contributed by atoms with Crippen LogP contribution in [0.2, 0.25) is 0 Å². The summed E-state index contributed by atoms with van der Waals surface area (Å²) in [5.74, 6) is 0.274. The quantitative estimate of drug-likeness (QED) is 0.767. The van der Waals surface area contributed by atoms with E-state index in [1.807, 2.05) is 0 Å². The first-order valence-electron chi connectivity index (χ1n) is 5.77. The summed E-state index contributed by atoms with van der Waals surface area (Å²) >= 11 is 0. The Hall–Kier alpha value is -1.25. The van der Waals surface area contributed by atoms with Gasteiger partial charge in [-0.15, -0.1) is 0 Å². The molecule has 1 atom stereocenters. The zero-order valence-corrected chi connectivity index (χ0v) is 10.5. The van der Waals surface area contributed by atoms with Gasteiger partial charge in [-0.25, -0.2) is 4.39 Å². The molecule has 0 aliphatic rings. The first-order chi connectivity index (χ1) is 7.45. The third-order valence-electron chi connectivity index (χ3n) is 2.92. The Morgan fingerprint density at radius 3 is 2.50 bits per heavy atom. The van der Waals surface area contributed by atoms with E-state index in [9.17, 15) is 4.39 Å². The van der Waals surface area contributed by atoms with Crippen LogP contribution in [0.15, 0.2) is 12.1 Å². The van der Waals surface area contributed by atoms with Crippen molar-refractivity contribution in [2.75, 3.05) is 11.1 Å². The van der Waals surface area contributed by atoms with Crippen molar-refractivity contribution in [1.29, 1.82) is 0 Å². The third-order valence-corrected chi connectivity index (χ3v) is 2.92. The minimum absolute atomic E-state index is 0.249. The molecular weight excluding hydrogens is 203 g/mol. The minimum Gasteiger partial charge on any atom is -0.397 e. The Labute approximate surface area is 97.0 Å². The highest BCUT2D eigenvalue weighted by atomic mass is 19.1. The standard InChI is InChI=1S/C13H21FN2/c1-5-12(8(2)3)16-13-6-9(4)10(14)7-11(13)15/h6-8,12,16H,5,15H2,1-4H3. The van der Waals surface area contributed by atoms with Crippen LogP contribution < -0.4 is 11.1 Å². The van der Waals surface area contributed by atoms with Crippen molar-refractivity contribution in [3.63, 3.8) is 0 Å². The van der Waals surface area contributed by atoms with Gasteiger partial charge < -0.3 is 11.1 Å². The van der Waals surface area contributed by atoms with E-state index in [0.717, 1.165) is 12.1 Å². The predicted molar refractivity (Wildman–Crippen MR) is 68.1 cm³/mol. The van der Waals surface area contributed by atoms with Crippen molar-refractivity contribution in [2.24, 2.45) is 5.92 Å². The number of halogens is 1. The molecule has 0 fully saturated rings. The van der Waals surface area contributed by atoms with E-state index >= 15 is 0 Å². The number of nitrogen functional groups attached to an aromatic ring is 1. The highest BCUT2D eigenvalue weighted by Crippen LogP contribution is 2.25. The van der Waals surface area contributed by atoms with Gasteiger partial charge in [0.25, 0.3) is 0 Å². The average Bonchev–Trinajstić information content (AvgIpc) is 2.21. The fourth-order valence-corrected chi connectivity index (χ4v) is 1.76. The van der Waals surface area contributed by atoms with Crippen LogP contribution in [0, 0.1) is 18.7 Å². The molecule has 0 aliphatic carbocycles. The van der Waals surface area contributed by atoms with E-state index in [4.69, 9.17) is 5.73 Å². The molecule has 90 valence electrons.